The number of nitrogens with zero attached hydrogens (tertiary/aromatic N) is 1. The number of ether oxygens (including phenoxy) is 2. The first-order valence-electron chi connectivity index (χ1n) is 8.44. The Morgan fingerprint density at radius 1 is 1.10 bits per heavy atom. The van der Waals surface area contributed by atoms with Gasteiger partial charge in [-0.05, 0) is 55.0 Å². The summed E-state index contributed by atoms with van der Waals surface area (Å²) in [5.74, 6) is -0.148. The number of carbonyl (C=O) groups is 1. The van der Waals surface area contributed by atoms with Crippen LogP contribution in [0.2, 0.25) is 0 Å². The number of benzene rings is 2. The highest BCUT2D eigenvalue weighted by molar-refractivity contribution is 7.89. The SMILES string of the molecule is COc1cc(/C=N\NS(=O)(=O)c2ccc(C)cc2)ccc1OC(=O)c1ccco1. The predicted octanol–water partition coefficient (Wildman–Crippen LogP) is 3.13. The van der Waals surface area contributed by atoms with Crippen molar-refractivity contribution in [1.82, 2.24) is 4.83 Å². The molecule has 0 atom stereocenters. The van der Waals surface area contributed by atoms with Crippen molar-refractivity contribution in [3.8, 4) is 11.5 Å². The number of nitrogens with one attached hydrogen (secondary N) is 1. The molecule has 2 aromatic carbocycles. The van der Waals surface area contributed by atoms with Gasteiger partial charge in [0, 0.05) is 0 Å². The number of esters is 1. The fraction of sp³-hybridized carbons (Fsp3) is 0.100. The summed E-state index contributed by atoms with van der Waals surface area (Å²) in [7, 11) is -2.35. The molecule has 29 heavy (non-hydrogen) atoms. The van der Waals surface area contributed by atoms with Gasteiger partial charge in [0.1, 0.15) is 0 Å². The van der Waals surface area contributed by atoms with Crippen LogP contribution in [0.1, 0.15) is 21.7 Å². The lowest BCUT2D eigenvalue weighted by Gasteiger charge is -2.09. The predicted molar refractivity (Wildman–Crippen MR) is 106 cm³/mol. The molecule has 0 saturated carbocycles. The molecule has 0 aliphatic carbocycles. The minimum Gasteiger partial charge on any atom is -0.493 e. The molecule has 1 N–H and O–H groups in total. The monoisotopic (exact) mass is 414 g/mol. The van der Waals surface area contributed by atoms with E-state index in [4.69, 9.17) is 13.9 Å². The molecule has 0 amide bonds. The first-order chi connectivity index (χ1) is 13.9. The van der Waals surface area contributed by atoms with Gasteiger partial charge in [-0.25, -0.2) is 9.63 Å². The molecular formula is C20H18N2O6S. The highest BCUT2D eigenvalue weighted by atomic mass is 32.2. The number of rotatable bonds is 7. The highest BCUT2D eigenvalue weighted by Crippen LogP contribution is 2.28. The van der Waals surface area contributed by atoms with Crippen LogP contribution in [-0.4, -0.2) is 27.7 Å². The maximum atomic E-state index is 12.2. The average molecular weight is 414 g/mol. The first-order valence-corrected chi connectivity index (χ1v) is 9.92. The zero-order valence-electron chi connectivity index (χ0n) is 15.7. The third-order valence-electron chi connectivity index (χ3n) is 3.83. The van der Waals surface area contributed by atoms with Crippen molar-refractivity contribution in [3.63, 3.8) is 0 Å². The van der Waals surface area contributed by atoms with E-state index in [-0.39, 0.29) is 22.2 Å². The smallest absolute Gasteiger partial charge is 0.379 e. The lowest BCUT2D eigenvalue weighted by Crippen LogP contribution is -2.18. The molecule has 3 rings (SSSR count). The number of aryl methyl sites for hydroxylation is 1. The minimum atomic E-state index is -3.77. The van der Waals surface area contributed by atoms with Crippen LogP contribution >= 0.6 is 0 Å². The Labute approximate surface area is 167 Å². The molecule has 0 aliphatic heterocycles. The largest absolute Gasteiger partial charge is 0.493 e. The molecule has 0 unspecified atom stereocenters. The number of sulfonamides is 1. The normalized spacial score (nSPS) is 11.4. The van der Waals surface area contributed by atoms with Crippen LogP contribution in [0, 0.1) is 6.92 Å². The number of methoxy groups -OCH3 is 1. The zero-order valence-corrected chi connectivity index (χ0v) is 16.5. The zero-order chi connectivity index (χ0) is 20.9. The quantitative estimate of drug-likeness (QED) is 0.275. The van der Waals surface area contributed by atoms with Gasteiger partial charge in [0.05, 0.1) is 24.5 Å². The lowest BCUT2D eigenvalue weighted by atomic mass is 10.2. The van der Waals surface area contributed by atoms with Crippen LogP contribution in [0.5, 0.6) is 11.5 Å². The van der Waals surface area contributed by atoms with Crippen LogP contribution in [0.4, 0.5) is 0 Å². The maximum Gasteiger partial charge on any atom is 0.379 e. The lowest BCUT2D eigenvalue weighted by molar-refractivity contribution is 0.0696. The molecule has 3 aromatic rings. The van der Waals surface area contributed by atoms with Gasteiger partial charge in [0.25, 0.3) is 10.0 Å². The average Bonchev–Trinajstić information content (AvgIpc) is 3.24. The Balaban J connectivity index is 1.71. The summed E-state index contributed by atoms with van der Waals surface area (Å²) in [5, 5.41) is 3.78. The molecule has 0 bridgehead atoms. The van der Waals surface area contributed by atoms with Gasteiger partial charge >= 0.3 is 5.97 Å². The Morgan fingerprint density at radius 2 is 1.86 bits per heavy atom. The summed E-state index contributed by atoms with van der Waals surface area (Å²) in [5.41, 5.74) is 1.48. The first kappa shape index (κ1) is 20.2. The van der Waals surface area contributed by atoms with E-state index in [1.54, 1.807) is 30.3 Å². The summed E-state index contributed by atoms with van der Waals surface area (Å²) in [4.78, 5) is 14.3. The summed E-state index contributed by atoms with van der Waals surface area (Å²) in [6, 6.07) is 14.1. The molecule has 1 aromatic heterocycles. The fourth-order valence-electron chi connectivity index (χ4n) is 2.33. The Hall–Kier alpha value is -3.59. The number of carbonyl (C=O) groups excluding carboxylic acids is 1. The van der Waals surface area contributed by atoms with E-state index >= 15 is 0 Å². The summed E-state index contributed by atoms with van der Waals surface area (Å²) in [6.45, 7) is 1.87. The fourth-order valence-corrected chi connectivity index (χ4v) is 3.13. The van der Waals surface area contributed by atoms with Crippen LogP contribution < -0.4 is 14.3 Å². The van der Waals surface area contributed by atoms with Crippen LogP contribution in [0.15, 0.2) is 75.3 Å². The van der Waals surface area contributed by atoms with Gasteiger partial charge in [-0.3, -0.25) is 0 Å². The van der Waals surface area contributed by atoms with Crippen molar-refractivity contribution in [2.45, 2.75) is 11.8 Å². The molecule has 0 spiro atoms. The van der Waals surface area contributed by atoms with E-state index in [0.717, 1.165) is 5.56 Å². The standard InChI is InChI=1S/C20H18N2O6S/c1-14-5-8-16(9-6-14)29(24,25)22-21-13-15-7-10-17(19(12-15)26-2)28-20(23)18-4-3-11-27-18/h3-13,22H,1-2H3/b21-13-. The number of hydrogen-bond donors (Lipinski definition) is 1. The molecule has 8 nitrogen and oxygen atoms in total. The highest BCUT2D eigenvalue weighted by Gasteiger charge is 2.15. The van der Waals surface area contributed by atoms with Crippen molar-refractivity contribution in [2.24, 2.45) is 5.10 Å². The van der Waals surface area contributed by atoms with E-state index in [1.807, 2.05) is 6.92 Å². The van der Waals surface area contributed by atoms with Gasteiger partial charge < -0.3 is 13.9 Å². The number of hydrogen-bond acceptors (Lipinski definition) is 7. The molecule has 0 fully saturated rings. The van der Waals surface area contributed by atoms with Crippen LogP contribution in [-0.2, 0) is 10.0 Å². The molecule has 0 aliphatic rings. The van der Waals surface area contributed by atoms with Crippen molar-refractivity contribution in [1.29, 1.82) is 0 Å². The van der Waals surface area contributed by atoms with Crippen molar-refractivity contribution in [2.75, 3.05) is 7.11 Å². The molecule has 0 saturated heterocycles. The van der Waals surface area contributed by atoms with Crippen LogP contribution in [0.3, 0.4) is 0 Å². The minimum absolute atomic E-state index is 0.0585. The van der Waals surface area contributed by atoms with Crippen molar-refractivity contribution >= 4 is 22.2 Å². The Bertz CT molecular complexity index is 1120. The summed E-state index contributed by atoms with van der Waals surface area (Å²) in [6.07, 6.45) is 2.68. The summed E-state index contributed by atoms with van der Waals surface area (Å²) >= 11 is 0. The van der Waals surface area contributed by atoms with Crippen molar-refractivity contribution in [3.05, 3.63) is 77.7 Å². The topological polar surface area (TPSA) is 107 Å². The number of hydrazone groups is 1. The molecule has 1 heterocycles. The van der Waals surface area contributed by atoms with E-state index in [1.165, 1.54) is 43.9 Å². The second-order valence-electron chi connectivity index (χ2n) is 5.94. The molecule has 0 radical (unpaired) electrons. The van der Waals surface area contributed by atoms with E-state index < -0.39 is 16.0 Å². The van der Waals surface area contributed by atoms with Crippen molar-refractivity contribution < 1.29 is 27.1 Å². The molecule has 150 valence electrons. The van der Waals surface area contributed by atoms with Gasteiger partial charge in [-0.15, -0.1) is 0 Å². The second kappa shape index (κ2) is 8.61. The second-order valence-corrected chi connectivity index (χ2v) is 7.60. The van der Waals surface area contributed by atoms with Gasteiger partial charge in [0.15, 0.2) is 11.5 Å². The van der Waals surface area contributed by atoms with Gasteiger partial charge in [-0.2, -0.15) is 13.5 Å². The van der Waals surface area contributed by atoms with E-state index in [2.05, 4.69) is 9.93 Å². The molecule has 9 heteroatoms. The third-order valence-corrected chi connectivity index (χ3v) is 5.07. The third kappa shape index (κ3) is 5.02. The molecular weight excluding hydrogens is 396 g/mol. The van der Waals surface area contributed by atoms with E-state index in [9.17, 15) is 13.2 Å². The van der Waals surface area contributed by atoms with Gasteiger partial charge in [-0.1, -0.05) is 17.7 Å². The van der Waals surface area contributed by atoms with Crippen LogP contribution in [0.25, 0.3) is 0 Å². The Morgan fingerprint density at radius 3 is 2.52 bits per heavy atom. The number of furan rings is 1. The Kier molecular flexibility index (Phi) is 5.99. The maximum absolute atomic E-state index is 12.2. The van der Waals surface area contributed by atoms with E-state index in [0.29, 0.717) is 5.56 Å². The summed E-state index contributed by atoms with van der Waals surface area (Å²) < 4.78 is 39.9. The van der Waals surface area contributed by atoms with Gasteiger partial charge in [0.2, 0.25) is 5.76 Å².